The van der Waals surface area contributed by atoms with Gasteiger partial charge in [-0.3, -0.25) is 4.79 Å². The van der Waals surface area contributed by atoms with Gasteiger partial charge in [-0.25, -0.2) is 0 Å². The molecule has 1 rings (SSSR count). The first kappa shape index (κ1) is 20.6. The van der Waals surface area contributed by atoms with Gasteiger partial charge < -0.3 is 20.1 Å². The fourth-order valence-electron chi connectivity index (χ4n) is 2.15. The Kier molecular flexibility index (Phi) is 9.00. The lowest BCUT2D eigenvalue weighted by Gasteiger charge is -2.21. The van der Waals surface area contributed by atoms with Crippen molar-refractivity contribution in [3.05, 3.63) is 18.2 Å². The molecular formula is C18H30N2O3S. The highest BCUT2D eigenvalue weighted by molar-refractivity contribution is 7.99. The van der Waals surface area contributed by atoms with E-state index in [9.17, 15) is 4.79 Å². The van der Waals surface area contributed by atoms with E-state index < -0.39 is 0 Å². The average Bonchev–Trinajstić information content (AvgIpc) is 2.58. The minimum absolute atomic E-state index is 0.140. The van der Waals surface area contributed by atoms with Crippen LogP contribution in [0.5, 0.6) is 11.5 Å². The molecule has 0 aromatic heterocycles. The van der Waals surface area contributed by atoms with Gasteiger partial charge in [0.05, 0.1) is 14.2 Å². The van der Waals surface area contributed by atoms with Crippen LogP contribution in [0.2, 0.25) is 0 Å². The van der Waals surface area contributed by atoms with Gasteiger partial charge in [0.25, 0.3) is 0 Å². The number of rotatable bonds is 10. The number of ether oxygens (including phenoxy) is 2. The highest BCUT2D eigenvalue weighted by atomic mass is 32.2. The first-order chi connectivity index (χ1) is 11.4. The molecule has 1 aromatic rings. The predicted molar refractivity (Wildman–Crippen MR) is 100.0 cm³/mol. The van der Waals surface area contributed by atoms with Crippen molar-refractivity contribution in [3.8, 4) is 11.5 Å². The summed E-state index contributed by atoms with van der Waals surface area (Å²) in [4.78, 5) is 15.0. The van der Waals surface area contributed by atoms with Gasteiger partial charge >= 0.3 is 0 Å². The molecule has 0 saturated carbocycles. The van der Waals surface area contributed by atoms with Crippen molar-refractivity contribution in [1.29, 1.82) is 0 Å². The van der Waals surface area contributed by atoms with Gasteiger partial charge in [-0.1, -0.05) is 13.8 Å². The fourth-order valence-corrected chi connectivity index (χ4v) is 3.02. The third-order valence-corrected chi connectivity index (χ3v) is 5.02. The van der Waals surface area contributed by atoms with E-state index in [0.29, 0.717) is 30.4 Å². The molecule has 0 heterocycles. The van der Waals surface area contributed by atoms with Gasteiger partial charge in [0.1, 0.15) is 0 Å². The quantitative estimate of drug-likeness (QED) is 0.654. The van der Waals surface area contributed by atoms with Crippen molar-refractivity contribution >= 4 is 17.7 Å². The van der Waals surface area contributed by atoms with Crippen molar-refractivity contribution in [2.75, 3.05) is 33.6 Å². The number of benzene rings is 1. The number of nitrogens with two attached hydrogens (primary N) is 1. The molecule has 0 spiro atoms. The van der Waals surface area contributed by atoms with Crippen LogP contribution in [0.1, 0.15) is 26.7 Å². The van der Waals surface area contributed by atoms with Crippen molar-refractivity contribution in [1.82, 2.24) is 4.90 Å². The Morgan fingerprint density at radius 3 is 2.50 bits per heavy atom. The predicted octanol–water partition coefficient (Wildman–Crippen LogP) is 3.02. The first-order valence-electron chi connectivity index (χ1n) is 8.23. The largest absolute Gasteiger partial charge is 0.493 e. The van der Waals surface area contributed by atoms with Gasteiger partial charge in [-0.2, -0.15) is 0 Å². The van der Waals surface area contributed by atoms with Gasteiger partial charge in [-0.05, 0) is 30.5 Å². The summed E-state index contributed by atoms with van der Waals surface area (Å²) in [5.74, 6) is 2.73. The number of carbonyl (C=O) groups excluding carboxylic acids is 1. The van der Waals surface area contributed by atoms with Gasteiger partial charge in [-0.15, -0.1) is 11.8 Å². The number of carbonyl (C=O) groups is 1. The Morgan fingerprint density at radius 2 is 1.92 bits per heavy atom. The number of thioether (sulfide) groups is 1. The van der Waals surface area contributed by atoms with E-state index in [2.05, 4.69) is 13.8 Å². The zero-order valence-corrected chi connectivity index (χ0v) is 16.2. The third-order valence-electron chi connectivity index (χ3n) is 4.02. The smallest absolute Gasteiger partial charge is 0.223 e. The van der Waals surface area contributed by atoms with Crippen molar-refractivity contribution < 1.29 is 14.3 Å². The number of hydrogen-bond donors (Lipinski definition) is 1. The second-order valence-electron chi connectivity index (χ2n) is 6.13. The van der Waals surface area contributed by atoms with Crippen LogP contribution in [0.4, 0.5) is 0 Å². The van der Waals surface area contributed by atoms with Crippen LogP contribution in [0.3, 0.4) is 0 Å². The summed E-state index contributed by atoms with van der Waals surface area (Å²) in [6, 6.07) is 5.92. The summed E-state index contributed by atoms with van der Waals surface area (Å²) in [6.45, 7) is 4.91. The van der Waals surface area contributed by atoms with E-state index in [4.69, 9.17) is 15.2 Å². The maximum Gasteiger partial charge on any atom is 0.223 e. The highest BCUT2D eigenvalue weighted by Crippen LogP contribution is 2.32. The standard InChI is InChI=1S/C18H30N2O3S/c1-13(2)15(19)8-10-20(3)18(21)9-11-24-14-6-7-16(22-4)17(12-14)23-5/h6-7,12-13,15H,8-11,19H2,1-5H3. The Bertz CT molecular complexity index is 523. The minimum Gasteiger partial charge on any atom is -0.493 e. The minimum atomic E-state index is 0.140. The zero-order chi connectivity index (χ0) is 18.1. The number of amides is 1. The maximum absolute atomic E-state index is 12.2. The molecule has 0 fully saturated rings. The molecule has 1 unspecified atom stereocenters. The van der Waals surface area contributed by atoms with E-state index in [1.165, 1.54) is 0 Å². The second-order valence-corrected chi connectivity index (χ2v) is 7.30. The van der Waals surface area contributed by atoms with Crippen molar-refractivity contribution in [3.63, 3.8) is 0 Å². The number of nitrogens with zero attached hydrogens (tertiary/aromatic N) is 1. The molecule has 2 N–H and O–H groups in total. The molecule has 0 radical (unpaired) electrons. The summed E-state index contributed by atoms with van der Waals surface area (Å²) in [5, 5.41) is 0. The lowest BCUT2D eigenvalue weighted by Crippen LogP contribution is -2.34. The van der Waals surface area contributed by atoms with Gasteiger partial charge in [0, 0.05) is 36.7 Å². The normalized spacial score (nSPS) is 12.1. The fraction of sp³-hybridized carbons (Fsp3) is 0.611. The molecule has 0 saturated heterocycles. The van der Waals surface area contributed by atoms with Gasteiger partial charge in [0.15, 0.2) is 11.5 Å². The summed E-state index contributed by atoms with van der Waals surface area (Å²) in [7, 11) is 5.08. The molecule has 0 aliphatic rings. The molecule has 24 heavy (non-hydrogen) atoms. The molecule has 136 valence electrons. The van der Waals surface area contributed by atoms with E-state index >= 15 is 0 Å². The molecule has 5 nitrogen and oxygen atoms in total. The molecule has 1 amide bonds. The number of methoxy groups -OCH3 is 2. The van der Waals surface area contributed by atoms with E-state index in [-0.39, 0.29) is 11.9 Å². The van der Waals surface area contributed by atoms with Crippen LogP contribution in [-0.2, 0) is 4.79 Å². The number of hydrogen-bond acceptors (Lipinski definition) is 5. The van der Waals surface area contributed by atoms with E-state index in [1.807, 2.05) is 25.2 Å². The Balaban J connectivity index is 2.39. The van der Waals surface area contributed by atoms with Crippen LogP contribution >= 0.6 is 11.8 Å². The lowest BCUT2D eigenvalue weighted by atomic mass is 10.0. The molecule has 6 heteroatoms. The summed E-state index contributed by atoms with van der Waals surface area (Å²) < 4.78 is 10.5. The summed E-state index contributed by atoms with van der Waals surface area (Å²) in [5.41, 5.74) is 6.03. The van der Waals surface area contributed by atoms with Crippen LogP contribution in [0, 0.1) is 5.92 Å². The maximum atomic E-state index is 12.2. The van der Waals surface area contributed by atoms with Crippen LogP contribution in [0.25, 0.3) is 0 Å². The van der Waals surface area contributed by atoms with Crippen LogP contribution in [0.15, 0.2) is 23.1 Å². The van der Waals surface area contributed by atoms with Crippen molar-refractivity contribution in [2.45, 2.75) is 37.6 Å². The van der Waals surface area contributed by atoms with Crippen LogP contribution < -0.4 is 15.2 Å². The third kappa shape index (κ3) is 6.61. The first-order valence-corrected chi connectivity index (χ1v) is 9.22. The second kappa shape index (κ2) is 10.5. The average molecular weight is 355 g/mol. The molecule has 0 aliphatic carbocycles. The highest BCUT2D eigenvalue weighted by Gasteiger charge is 2.13. The topological polar surface area (TPSA) is 64.8 Å². The molecule has 1 atom stereocenters. The van der Waals surface area contributed by atoms with E-state index in [0.717, 1.165) is 17.1 Å². The Labute approximate surface area is 149 Å². The summed E-state index contributed by atoms with van der Waals surface area (Å²) >= 11 is 1.64. The molecular weight excluding hydrogens is 324 g/mol. The monoisotopic (exact) mass is 354 g/mol. The molecule has 0 bridgehead atoms. The van der Waals surface area contributed by atoms with Crippen LogP contribution in [-0.4, -0.2) is 50.4 Å². The zero-order valence-electron chi connectivity index (χ0n) is 15.4. The molecule has 0 aliphatic heterocycles. The lowest BCUT2D eigenvalue weighted by molar-refractivity contribution is -0.129. The van der Waals surface area contributed by atoms with Gasteiger partial charge in [0.2, 0.25) is 5.91 Å². The SMILES string of the molecule is COc1ccc(SCCC(=O)N(C)CCC(N)C(C)C)cc1OC. The summed E-state index contributed by atoms with van der Waals surface area (Å²) in [6.07, 6.45) is 1.34. The van der Waals surface area contributed by atoms with E-state index in [1.54, 1.807) is 30.9 Å². The Hall–Kier alpha value is -1.40. The van der Waals surface area contributed by atoms with Crippen molar-refractivity contribution in [2.24, 2.45) is 11.7 Å². The molecule has 1 aromatic carbocycles. The Morgan fingerprint density at radius 1 is 1.25 bits per heavy atom.